The molecular formula is C22H31IN4O2. The highest BCUT2D eigenvalue weighted by Gasteiger charge is 2.26. The quantitative estimate of drug-likeness (QED) is 0.338. The molecule has 2 aromatic rings. The van der Waals surface area contributed by atoms with Gasteiger partial charge in [0.1, 0.15) is 5.76 Å². The number of hydrogen-bond donors (Lipinski definition) is 2. The standard InChI is InChI=1S/C22H30N4O2.HI/c1-3-21(27)26-14-12-19(16-26)25-22(23-13-11-20-10-7-15-28-20)24-17(2)18-8-5-4-6-9-18;/h4-10,15,17,19H,3,11-14,16H2,1-2H3,(H2,23,24,25);1H. The highest BCUT2D eigenvalue weighted by Crippen LogP contribution is 2.13. The first-order valence-corrected chi connectivity index (χ1v) is 10.1. The minimum absolute atomic E-state index is 0. The van der Waals surface area contributed by atoms with Gasteiger partial charge in [0.15, 0.2) is 5.96 Å². The predicted octanol–water partition coefficient (Wildman–Crippen LogP) is 3.75. The van der Waals surface area contributed by atoms with Gasteiger partial charge in [0.2, 0.25) is 5.91 Å². The molecule has 1 saturated heterocycles. The Morgan fingerprint density at radius 2 is 2.07 bits per heavy atom. The lowest BCUT2D eigenvalue weighted by Gasteiger charge is -2.22. The molecule has 3 rings (SSSR count). The molecule has 0 radical (unpaired) electrons. The van der Waals surface area contributed by atoms with E-state index in [0.29, 0.717) is 13.0 Å². The first kappa shape index (κ1) is 23.3. The second-order valence-electron chi connectivity index (χ2n) is 7.16. The lowest BCUT2D eigenvalue weighted by molar-refractivity contribution is -0.129. The van der Waals surface area contributed by atoms with Crippen LogP contribution in [0.3, 0.4) is 0 Å². The molecule has 0 bridgehead atoms. The Morgan fingerprint density at radius 3 is 2.76 bits per heavy atom. The summed E-state index contributed by atoms with van der Waals surface area (Å²) in [6.45, 7) is 6.20. The summed E-state index contributed by atoms with van der Waals surface area (Å²) in [6, 6.07) is 14.5. The van der Waals surface area contributed by atoms with Crippen molar-refractivity contribution in [2.75, 3.05) is 19.6 Å². The van der Waals surface area contributed by atoms with Crippen molar-refractivity contribution in [3.63, 3.8) is 0 Å². The molecule has 0 aliphatic carbocycles. The average molecular weight is 510 g/mol. The number of guanidine groups is 1. The topological polar surface area (TPSA) is 69.9 Å². The maximum atomic E-state index is 12.0. The van der Waals surface area contributed by atoms with Crippen LogP contribution in [-0.2, 0) is 11.2 Å². The number of furan rings is 1. The first-order chi connectivity index (χ1) is 13.7. The number of amides is 1. The lowest BCUT2D eigenvalue weighted by Crippen LogP contribution is -2.46. The molecule has 2 atom stereocenters. The van der Waals surface area contributed by atoms with Gasteiger partial charge in [0.05, 0.1) is 12.3 Å². The van der Waals surface area contributed by atoms with Gasteiger partial charge in [-0.15, -0.1) is 24.0 Å². The normalized spacial score (nSPS) is 17.5. The van der Waals surface area contributed by atoms with Gasteiger partial charge in [-0.3, -0.25) is 9.79 Å². The van der Waals surface area contributed by atoms with Crippen LogP contribution in [0.4, 0.5) is 0 Å². The molecule has 29 heavy (non-hydrogen) atoms. The van der Waals surface area contributed by atoms with E-state index in [1.54, 1.807) is 6.26 Å². The Kier molecular flexibility index (Phi) is 9.50. The van der Waals surface area contributed by atoms with E-state index in [0.717, 1.165) is 37.7 Å². The van der Waals surface area contributed by atoms with Crippen LogP contribution in [0.5, 0.6) is 0 Å². The van der Waals surface area contributed by atoms with Crippen LogP contribution in [0.15, 0.2) is 58.1 Å². The van der Waals surface area contributed by atoms with E-state index in [-0.39, 0.29) is 42.0 Å². The molecule has 1 aromatic carbocycles. The number of nitrogens with one attached hydrogen (secondary N) is 2. The number of carbonyl (C=O) groups is 1. The van der Waals surface area contributed by atoms with Crippen molar-refractivity contribution in [1.82, 2.24) is 15.5 Å². The SMILES string of the molecule is CCC(=O)N1CCC(NC(=NCCc2ccco2)NC(C)c2ccccc2)C1.I. The maximum Gasteiger partial charge on any atom is 0.222 e. The Bertz CT molecular complexity index is 764. The van der Waals surface area contributed by atoms with Crippen molar-refractivity contribution in [2.24, 2.45) is 4.99 Å². The summed E-state index contributed by atoms with van der Waals surface area (Å²) in [5.74, 6) is 1.92. The van der Waals surface area contributed by atoms with Crippen LogP contribution >= 0.6 is 24.0 Å². The second-order valence-corrected chi connectivity index (χ2v) is 7.16. The smallest absolute Gasteiger partial charge is 0.222 e. The van der Waals surface area contributed by atoms with Gasteiger partial charge in [0, 0.05) is 38.5 Å². The molecule has 1 aliphatic heterocycles. The molecule has 158 valence electrons. The summed E-state index contributed by atoms with van der Waals surface area (Å²) in [6.07, 6.45) is 3.93. The van der Waals surface area contributed by atoms with Crippen LogP contribution in [0.25, 0.3) is 0 Å². The van der Waals surface area contributed by atoms with Crippen molar-refractivity contribution < 1.29 is 9.21 Å². The van der Waals surface area contributed by atoms with E-state index >= 15 is 0 Å². The third-order valence-corrected chi connectivity index (χ3v) is 5.05. The third kappa shape index (κ3) is 7.06. The van der Waals surface area contributed by atoms with E-state index in [9.17, 15) is 4.79 Å². The molecule has 2 N–H and O–H groups in total. The fourth-order valence-electron chi connectivity index (χ4n) is 3.42. The average Bonchev–Trinajstić information content (AvgIpc) is 3.40. The Morgan fingerprint density at radius 1 is 1.28 bits per heavy atom. The summed E-state index contributed by atoms with van der Waals surface area (Å²) in [7, 11) is 0. The Balaban J connectivity index is 0.00000300. The number of benzene rings is 1. The molecule has 2 unspecified atom stereocenters. The predicted molar refractivity (Wildman–Crippen MR) is 127 cm³/mol. The van der Waals surface area contributed by atoms with Crippen molar-refractivity contribution >= 4 is 35.8 Å². The maximum absolute atomic E-state index is 12.0. The van der Waals surface area contributed by atoms with Crippen LogP contribution in [-0.4, -0.2) is 42.4 Å². The van der Waals surface area contributed by atoms with Crippen LogP contribution in [0.1, 0.15) is 44.1 Å². The molecule has 1 fully saturated rings. The zero-order chi connectivity index (χ0) is 19.8. The number of likely N-dealkylation sites (tertiary alicyclic amines) is 1. The van der Waals surface area contributed by atoms with Gasteiger partial charge in [-0.1, -0.05) is 37.3 Å². The minimum Gasteiger partial charge on any atom is -0.469 e. The summed E-state index contributed by atoms with van der Waals surface area (Å²) in [4.78, 5) is 18.6. The van der Waals surface area contributed by atoms with Crippen molar-refractivity contribution in [3.05, 3.63) is 60.1 Å². The molecular weight excluding hydrogens is 479 g/mol. The van der Waals surface area contributed by atoms with Gasteiger partial charge in [0.25, 0.3) is 0 Å². The first-order valence-electron chi connectivity index (χ1n) is 10.1. The van der Waals surface area contributed by atoms with Crippen LogP contribution in [0.2, 0.25) is 0 Å². The van der Waals surface area contributed by atoms with Crippen LogP contribution < -0.4 is 10.6 Å². The van der Waals surface area contributed by atoms with Gasteiger partial charge >= 0.3 is 0 Å². The molecule has 1 aromatic heterocycles. The van der Waals surface area contributed by atoms with Crippen molar-refractivity contribution in [2.45, 2.75) is 45.2 Å². The highest BCUT2D eigenvalue weighted by molar-refractivity contribution is 14.0. The number of carbonyl (C=O) groups excluding carboxylic acids is 1. The van der Waals surface area contributed by atoms with E-state index < -0.39 is 0 Å². The Hall–Kier alpha value is -2.03. The molecule has 1 aliphatic rings. The van der Waals surface area contributed by atoms with Crippen molar-refractivity contribution in [3.8, 4) is 0 Å². The van der Waals surface area contributed by atoms with Crippen molar-refractivity contribution in [1.29, 1.82) is 0 Å². The number of hydrogen-bond acceptors (Lipinski definition) is 3. The number of rotatable bonds is 7. The summed E-state index contributed by atoms with van der Waals surface area (Å²) in [5, 5.41) is 7.02. The molecule has 1 amide bonds. The summed E-state index contributed by atoms with van der Waals surface area (Å²) < 4.78 is 5.40. The van der Waals surface area contributed by atoms with Gasteiger partial charge in [-0.2, -0.15) is 0 Å². The number of halogens is 1. The molecule has 0 saturated carbocycles. The largest absolute Gasteiger partial charge is 0.469 e. The molecule has 7 heteroatoms. The van der Waals surface area contributed by atoms with Gasteiger partial charge < -0.3 is 20.0 Å². The third-order valence-electron chi connectivity index (χ3n) is 5.05. The molecule has 6 nitrogen and oxygen atoms in total. The second kappa shape index (κ2) is 11.8. The van der Waals surface area contributed by atoms with E-state index in [2.05, 4.69) is 29.7 Å². The lowest BCUT2D eigenvalue weighted by atomic mass is 10.1. The molecule has 0 spiro atoms. The summed E-state index contributed by atoms with van der Waals surface area (Å²) >= 11 is 0. The fourth-order valence-corrected chi connectivity index (χ4v) is 3.42. The molecule has 2 heterocycles. The fraction of sp³-hybridized carbons (Fsp3) is 0.455. The zero-order valence-corrected chi connectivity index (χ0v) is 19.5. The van der Waals surface area contributed by atoms with Gasteiger partial charge in [-0.25, -0.2) is 0 Å². The number of aliphatic imine (C=N–C) groups is 1. The van der Waals surface area contributed by atoms with Gasteiger partial charge in [-0.05, 0) is 31.0 Å². The van der Waals surface area contributed by atoms with E-state index in [1.807, 2.05) is 42.2 Å². The van der Waals surface area contributed by atoms with Crippen LogP contribution in [0, 0.1) is 0 Å². The van der Waals surface area contributed by atoms with E-state index in [4.69, 9.17) is 9.41 Å². The zero-order valence-electron chi connectivity index (χ0n) is 17.1. The highest BCUT2D eigenvalue weighted by atomic mass is 127. The minimum atomic E-state index is 0. The summed E-state index contributed by atoms with van der Waals surface area (Å²) in [5.41, 5.74) is 1.21. The Labute approximate surface area is 190 Å². The number of nitrogens with zero attached hydrogens (tertiary/aromatic N) is 2. The monoisotopic (exact) mass is 510 g/mol. The van der Waals surface area contributed by atoms with E-state index in [1.165, 1.54) is 5.56 Å².